The monoisotopic (exact) mass is 552 g/mol. The summed E-state index contributed by atoms with van der Waals surface area (Å²) in [5.74, 6) is -3.26. The third-order valence-electron chi connectivity index (χ3n) is 5.79. The lowest BCUT2D eigenvalue weighted by atomic mass is 9.85. The van der Waals surface area contributed by atoms with Gasteiger partial charge < -0.3 is 30.8 Å². The molecule has 0 fully saturated rings. The number of hydrogen-bond donors (Lipinski definition) is 4. The Kier molecular flexibility index (Phi) is 12.4. The molecule has 0 saturated carbocycles. The van der Waals surface area contributed by atoms with Gasteiger partial charge in [0.1, 0.15) is 18.4 Å². The van der Waals surface area contributed by atoms with Gasteiger partial charge in [-0.05, 0) is 37.0 Å². The fourth-order valence-corrected chi connectivity index (χ4v) is 3.93. The number of anilines is 1. The minimum Gasteiger partial charge on any atom is -0.481 e. The number of aldehydes is 1. The molecule has 4 amide bonds. The van der Waals surface area contributed by atoms with Crippen LogP contribution in [0.15, 0.2) is 18.2 Å². The number of rotatable bonds is 13. The standard InChI is InChI=1S/C26H37ClN4O7/c1-7-19(24(37)28-16(14-32)13-21(34)35)31(9-3)25(38)22(26(4,5)6)30-23(36)15-10-11-18(17(27)12-15)29-20(33)8-2/h10-12,14,16,19,22H,7-9,13H2,1-6H3,(H,28,37)(H,29,33)(H,30,36)(H,34,35)/t16-,19?,22?/m0/s1. The molecule has 0 bridgehead atoms. The van der Waals surface area contributed by atoms with Gasteiger partial charge in [-0.1, -0.05) is 46.2 Å². The quantitative estimate of drug-likeness (QED) is 0.273. The molecule has 3 atom stereocenters. The van der Waals surface area contributed by atoms with Crippen LogP contribution in [0.3, 0.4) is 0 Å². The van der Waals surface area contributed by atoms with Gasteiger partial charge in [0.25, 0.3) is 5.91 Å². The Bertz CT molecular complexity index is 1050. The Morgan fingerprint density at radius 3 is 2.16 bits per heavy atom. The van der Waals surface area contributed by atoms with Crippen molar-refractivity contribution < 1.29 is 33.9 Å². The van der Waals surface area contributed by atoms with Gasteiger partial charge in [0.15, 0.2) is 0 Å². The van der Waals surface area contributed by atoms with Crippen molar-refractivity contribution in [3.05, 3.63) is 28.8 Å². The van der Waals surface area contributed by atoms with Gasteiger partial charge in [-0.2, -0.15) is 0 Å². The number of carbonyl (C=O) groups excluding carboxylic acids is 5. The van der Waals surface area contributed by atoms with E-state index in [-0.39, 0.29) is 35.9 Å². The topological polar surface area (TPSA) is 162 Å². The Balaban J connectivity index is 3.20. The number of carboxylic acids is 1. The van der Waals surface area contributed by atoms with Crippen molar-refractivity contribution in [1.29, 1.82) is 0 Å². The molecule has 0 radical (unpaired) electrons. The molecule has 0 aliphatic carbocycles. The van der Waals surface area contributed by atoms with E-state index in [1.165, 1.54) is 23.1 Å². The number of benzene rings is 1. The maximum Gasteiger partial charge on any atom is 0.305 e. The van der Waals surface area contributed by atoms with E-state index in [4.69, 9.17) is 16.7 Å². The van der Waals surface area contributed by atoms with Crippen LogP contribution < -0.4 is 16.0 Å². The van der Waals surface area contributed by atoms with Gasteiger partial charge >= 0.3 is 5.97 Å². The van der Waals surface area contributed by atoms with Crippen LogP contribution in [0.25, 0.3) is 0 Å². The summed E-state index contributed by atoms with van der Waals surface area (Å²) in [6.45, 7) is 10.4. The van der Waals surface area contributed by atoms with Gasteiger partial charge in [0, 0.05) is 18.5 Å². The number of carbonyl (C=O) groups is 6. The molecule has 0 saturated heterocycles. The number of hydrogen-bond acceptors (Lipinski definition) is 6. The molecule has 2 unspecified atom stereocenters. The molecule has 0 aliphatic rings. The number of nitrogens with one attached hydrogen (secondary N) is 3. The zero-order valence-corrected chi connectivity index (χ0v) is 23.3. The van der Waals surface area contributed by atoms with Crippen molar-refractivity contribution in [3.63, 3.8) is 0 Å². The first-order chi connectivity index (χ1) is 17.7. The molecule has 11 nitrogen and oxygen atoms in total. The first-order valence-corrected chi connectivity index (χ1v) is 12.8. The van der Waals surface area contributed by atoms with Crippen molar-refractivity contribution in [2.45, 2.75) is 78.9 Å². The third-order valence-corrected chi connectivity index (χ3v) is 6.10. The van der Waals surface area contributed by atoms with Crippen LogP contribution in [0.2, 0.25) is 5.02 Å². The molecule has 0 spiro atoms. The van der Waals surface area contributed by atoms with Crippen LogP contribution in [0.4, 0.5) is 5.69 Å². The van der Waals surface area contributed by atoms with Gasteiger partial charge in [-0.25, -0.2) is 0 Å². The summed E-state index contributed by atoms with van der Waals surface area (Å²) in [4.78, 5) is 74.9. The van der Waals surface area contributed by atoms with Crippen molar-refractivity contribution in [2.24, 2.45) is 5.41 Å². The van der Waals surface area contributed by atoms with Crippen LogP contribution in [0.1, 0.15) is 71.2 Å². The predicted molar refractivity (Wildman–Crippen MR) is 143 cm³/mol. The molecule has 0 aliphatic heterocycles. The van der Waals surface area contributed by atoms with Crippen molar-refractivity contribution in [3.8, 4) is 0 Å². The Labute approximate surface area is 227 Å². The summed E-state index contributed by atoms with van der Waals surface area (Å²) in [5, 5.41) is 16.9. The van der Waals surface area contributed by atoms with Gasteiger partial charge in [0.2, 0.25) is 17.7 Å². The van der Waals surface area contributed by atoms with E-state index < -0.39 is 53.7 Å². The normalized spacial score (nSPS) is 13.4. The summed E-state index contributed by atoms with van der Waals surface area (Å²) in [7, 11) is 0. The van der Waals surface area contributed by atoms with Crippen molar-refractivity contribution in [2.75, 3.05) is 11.9 Å². The Hall–Kier alpha value is -3.47. The van der Waals surface area contributed by atoms with E-state index in [1.807, 2.05) is 0 Å². The van der Waals surface area contributed by atoms with Gasteiger partial charge in [0.05, 0.1) is 23.2 Å². The summed E-state index contributed by atoms with van der Waals surface area (Å²) >= 11 is 6.24. The number of amides is 4. The Morgan fingerprint density at radius 1 is 1.08 bits per heavy atom. The highest BCUT2D eigenvalue weighted by molar-refractivity contribution is 6.34. The average Bonchev–Trinajstić information content (AvgIpc) is 2.84. The maximum absolute atomic E-state index is 13.7. The third kappa shape index (κ3) is 9.13. The van der Waals surface area contributed by atoms with E-state index >= 15 is 0 Å². The molecular weight excluding hydrogens is 516 g/mol. The van der Waals surface area contributed by atoms with Crippen LogP contribution >= 0.6 is 11.6 Å². The fraction of sp³-hybridized carbons (Fsp3) is 0.538. The highest BCUT2D eigenvalue weighted by atomic mass is 35.5. The van der Waals surface area contributed by atoms with Crippen LogP contribution in [0.5, 0.6) is 0 Å². The lowest BCUT2D eigenvalue weighted by molar-refractivity contribution is -0.145. The fourth-order valence-electron chi connectivity index (χ4n) is 3.70. The average molecular weight is 553 g/mol. The molecular formula is C26H37ClN4O7. The highest BCUT2D eigenvalue weighted by Crippen LogP contribution is 2.26. The first kappa shape index (κ1) is 32.6. The minimum absolute atomic E-state index is 0.121. The molecule has 1 aromatic carbocycles. The molecule has 38 heavy (non-hydrogen) atoms. The second-order valence-corrected chi connectivity index (χ2v) is 10.2. The molecule has 1 aromatic rings. The van der Waals surface area contributed by atoms with E-state index in [0.29, 0.717) is 12.0 Å². The number of likely N-dealkylation sites (N-methyl/N-ethyl adjacent to an activating group) is 1. The first-order valence-electron chi connectivity index (χ1n) is 12.4. The lowest BCUT2D eigenvalue weighted by Crippen LogP contribution is -2.59. The maximum atomic E-state index is 13.7. The molecule has 210 valence electrons. The van der Waals surface area contributed by atoms with Crippen molar-refractivity contribution >= 4 is 53.2 Å². The summed E-state index contributed by atoms with van der Waals surface area (Å²) < 4.78 is 0. The van der Waals surface area contributed by atoms with Crippen LogP contribution in [-0.2, 0) is 24.0 Å². The zero-order chi connectivity index (χ0) is 29.2. The second-order valence-electron chi connectivity index (χ2n) is 9.77. The van der Waals surface area contributed by atoms with E-state index in [2.05, 4.69) is 16.0 Å². The van der Waals surface area contributed by atoms with Crippen molar-refractivity contribution in [1.82, 2.24) is 15.5 Å². The number of halogens is 1. The lowest BCUT2D eigenvalue weighted by Gasteiger charge is -2.37. The number of nitrogens with zero attached hydrogens (tertiary/aromatic N) is 1. The molecule has 0 heterocycles. The molecule has 12 heteroatoms. The van der Waals surface area contributed by atoms with Gasteiger partial charge in [-0.3, -0.25) is 24.0 Å². The minimum atomic E-state index is -1.25. The Morgan fingerprint density at radius 2 is 1.71 bits per heavy atom. The number of carboxylic acid groups (broad SMARTS) is 1. The summed E-state index contributed by atoms with van der Waals surface area (Å²) in [6.07, 6.45) is 0.193. The predicted octanol–water partition coefficient (Wildman–Crippen LogP) is 2.62. The zero-order valence-electron chi connectivity index (χ0n) is 22.6. The highest BCUT2D eigenvalue weighted by Gasteiger charge is 2.39. The van der Waals surface area contributed by atoms with E-state index in [9.17, 15) is 28.8 Å². The van der Waals surface area contributed by atoms with E-state index in [0.717, 1.165) is 0 Å². The molecule has 4 N–H and O–H groups in total. The number of aliphatic carboxylic acids is 1. The largest absolute Gasteiger partial charge is 0.481 e. The van der Waals surface area contributed by atoms with Gasteiger partial charge in [-0.15, -0.1) is 0 Å². The second kappa shape index (κ2) is 14.5. The smallest absolute Gasteiger partial charge is 0.305 e. The molecule has 0 aromatic heterocycles. The SMILES string of the molecule is CCC(=O)Nc1ccc(C(=O)NC(C(=O)N(CC)C(CC)C(=O)N[C@H](C=O)CC(=O)O)C(C)(C)C)cc1Cl. The van der Waals surface area contributed by atoms with Crippen LogP contribution in [0, 0.1) is 5.41 Å². The summed E-state index contributed by atoms with van der Waals surface area (Å²) in [6, 6.07) is 1.07. The summed E-state index contributed by atoms with van der Waals surface area (Å²) in [5.41, 5.74) is -0.242. The van der Waals surface area contributed by atoms with E-state index in [1.54, 1.807) is 41.5 Å². The molecule has 1 rings (SSSR count). The van der Waals surface area contributed by atoms with Crippen LogP contribution in [-0.4, -0.2) is 70.6 Å².